The van der Waals surface area contributed by atoms with Gasteiger partial charge in [-0.25, -0.2) is 4.68 Å². The molecule has 1 heterocycles. The first-order valence-electron chi connectivity index (χ1n) is 4.25. The van der Waals surface area contributed by atoms with Crippen molar-refractivity contribution in [1.29, 1.82) is 0 Å². The highest BCUT2D eigenvalue weighted by atomic mass is 16.5. The first-order valence-corrected chi connectivity index (χ1v) is 4.25. The predicted molar refractivity (Wildman–Crippen MR) is 52.9 cm³/mol. The zero-order chi connectivity index (χ0) is 10.2. The van der Waals surface area contributed by atoms with E-state index in [-0.39, 0.29) is 5.41 Å². The van der Waals surface area contributed by atoms with Crippen LogP contribution < -0.4 is 10.5 Å². The second kappa shape index (κ2) is 2.94. The molecule has 0 unspecified atom stereocenters. The van der Waals surface area contributed by atoms with E-state index in [9.17, 15) is 0 Å². The Hall–Kier alpha value is -1.19. The molecule has 0 atom stereocenters. The molecule has 0 spiro atoms. The molecule has 13 heavy (non-hydrogen) atoms. The van der Waals surface area contributed by atoms with Crippen LogP contribution in [0.3, 0.4) is 0 Å². The number of anilines is 1. The lowest BCUT2D eigenvalue weighted by molar-refractivity contribution is 0.375. The number of ether oxygens (including phenoxy) is 1. The number of hydrogen-bond donors (Lipinski definition) is 1. The monoisotopic (exact) mass is 183 g/mol. The topological polar surface area (TPSA) is 53.1 Å². The first kappa shape index (κ1) is 9.89. The summed E-state index contributed by atoms with van der Waals surface area (Å²) in [6.07, 6.45) is 0. The Balaban J connectivity index is 3.26. The van der Waals surface area contributed by atoms with Crippen molar-refractivity contribution in [2.24, 2.45) is 7.05 Å². The normalized spacial score (nSPS) is 11.8. The second-order valence-corrected chi connectivity index (χ2v) is 4.15. The number of nitrogens with two attached hydrogens (primary N) is 1. The molecular weight excluding hydrogens is 166 g/mol. The lowest BCUT2D eigenvalue weighted by atomic mass is 9.91. The summed E-state index contributed by atoms with van der Waals surface area (Å²) < 4.78 is 6.79. The molecular formula is C9H17N3O. The van der Waals surface area contributed by atoms with Crippen molar-refractivity contribution in [3.05, 3.63) is 5.69 Å². The van der Waals surface area contributed by atoms with E-state index in [2.05, 4.69) is 25.9 Å². The average Bonchev–Trinajstić information content (AvgIpc) is 2.25. The fourth-order valence-corrected chi connectivity index (χ4v) is 1.32. The smallest absolute Gasteiger partial charge is 0.235 e. The van der Waals surface area contributed by atoms with Crippen molar-refractivity contribution < 1.29 is 4.74 Å². The van der Waals surface area contributed by atoms with Gasteiger partial charge in [-0.05, 0) is 0 Å². The summed E-state index contributed by atoms with van der Waals surface area (Å²) in [5.41, 5.74) is 7.37. The summed E-state index contributed by atoms with van der Waals surface area (Å²) >= 11 is 0. The minimum absolute atomic E-state index is 0.0430. The predicted octanol–water partition coefficient (Wildman–Crippen LogP) is 1.31. The van der Waals surface area contributed by atoms with Gasteiger partial charge in [0.15, 0.2) is 0 Å². The van der Waals surface area contributed by atoms with Gasteiger partial charge in [-0.3, -0.25) is 0 Å². The number of methoxy groups -OCH3 is 1. The Kier molecular flexibility index (Phi) is 2.24. The van der Waals surface area contributed by atoms with Gasteiger partial charge < -0.3 is 10.5 Å². The molecule has 0 saturated carbocycles. The minimum Gasteiger partial charge on any atom is -0.480 e. The zero-order valence-corrected chi connectivity index (χ0v) is 8.88. The van der Waals surface area contributed by atoms with Crippen LogP contribution in [-0.2, 0) is 12.5 Å². The molecule has 0 aromatic carbocycles. The molecule has 0 fully saturated rings. The van der Waals surface area contributed by atoms with Crippen molar-refractivity contribution in [2.45, 2.75) is 26.2 Å². The third-order valence-corrected chi connectivity index (χ3v) is 1.93. The van der Waals surface area contributed by atoms with Gasteiger partial charge in [0.2, 0.25) is 5.88 Å². The van der Waals surface area contributed by atoms with Crippen molar-refractivity contribution >= 4 is 5.69 Å². The van der Waals surface area contributed by atoms with Crippen LogP contribution in [0.25, 0.3) is 0 Å². The summed E-state index contributed by atoms with van der Waals surface area (Å²) in [7, 11) is 3.42. The Labute approximate surface area is 78.7 Å². The van der Waals surface area contributed by atoms with E-state index in [1.807, 2.05) is 7.05 Å². The maximum atomic E-state index is 5.89. The SMILES string of the molecule is COc1c(N)c(C(C)(C)C)nn1C. The molecule has 0 amide bonds. The number of rotatable bonds is 1. The highest BCUT2D eigenvalue weighted by Gasteiger charge is 2.24. The van der Waals surface area contributed by atoms with E-state index < -0.39 is 0 Å². The van der Waals surface area contributed by atoms with Gasteiger partial charge in [-0.1, -0.05) is 20.8 Å². The largest absolute Gasteiger partial charge is 0.480 e. The lowest BCUT2D eigenvalue weighted by Crippen LogP contribution is -2.14. The van der Waals surface area contributed by atoms with E-state index in [0.29, 0.717) is 11.6 Å². The summed E-state index contributed by atoms with van der Waals surface area (Å²) in [5.74, 6) is 0.630. The van der Waals surface area contributed by atoms with Crippen LogP contribution in [-0.4, -0.2) is 16.9 Å². The molecule has 0 bridgehead atoms. The summed E-state index contributed by atoms with van der Waals surface area (Å²) in [4.78, 5) is 0. The van der Waals surface area contributed by atoms with E-state index in [0.717, 1.165) is 5.69 Å². The molecule has 74 valence electrons. The van der Waals surface area contributed by atoms with E-state index in [1.54, 1.807) is 11.8 Å². The summed E-state index contributed by atoms with van der Waals surface area (Å²) in [6.45, 7) is 6.22. The van der Waals surface area contributed by atoms with Gasteiger partial charge in [0.05, 0.1) is 12.8 Å². The third kappa shape index (κ3) is 1.61. The molecule has 0 saturated heterocycles. The van der Waals surface area contributed by atoms with Crippen LogP contribution in [0.1, 0.15) is 26.5 Å². The first-order chi connectivity index (χ1) is 5.88. The van der Waals surface area contributed by atoms with Gasteiger partial charge in [-0.15, -0.1) is 0 Å². The van der Waals surface area contributed by atoms with Crippen molar-refractivity contribution in [2.75, 3.05) is 12.8 Å². The van der Waals surface area contributed by atoms with Crippen molar-refractivity contribution in [3.63, 3.8) is 0 Å². The fourth-order valence-electron chi connectivity index (χ4n) is 1.32. The van der Waals surface area contributed by atoms with Gasteiger partial charge in [0.25, 0.3) is 0 Å². The minimum atomic E-state index is -0.0430. The van der Waals surface area contributed by atoms with E-state index in [1.165, 1.54) is 0 Å². The Bertz CT molecular complexity index is 309. The summed E-state index contributed by atoms with van der Waals surface area (Å²) in [6, 6.07) is 0. The van der Waals surface area contributed by atoms with E-state index in [4.69, 9.17) is 10.5 Å². The van der Waals surface area contributed by atoms with Crippen LogP contribution in [0.4, 0.5) is 5.69 Å². The fraction of sp³-hybridized carbons (Fsp3) is 0.667. The number of nitrogens with zero attached hydrogens (tertiary/aromatic N) is 2. The Morgan fingerprint density at radius 3 is 2.15 bits per heavy atom. The molecule has 0 radical (unpaired) electrons. The highest BCUT2D eigenvalue weighted by Crippen LogP contribution is 2.32. The standard InChI is InChI=1S/C9H17N3O/c1-9(2,3)7-6(10)8(13-5)12(4)11-7/h10H2,1-5H3. The van der Waals surface area contributed by atoms with Gasteiger partial charge >= 0.3 is 0 Å². The molecule has 0 aliphatic carbocycles. The van der Waals surface area contributed by atoms with Crippen molar-refractivity contribution in [3.8, 4) is 5.88 Å². The molecule has 1 aromatic heterocycles. The number of aromatic nitrogens is 2. The van der Waals surface area contributed by atoms with Crippen LogP contribution >= 0.6 is 0 Å². The molecule has 1 rings (SSSR count). The lowest BCUT2D eigenvalue weighted by Gasteiger charge is -2.15. The highest BCUT2D eigenvalue weighted by molar-refractivity contribution is 5.55. The van der Waals surface area contributed by atoms with Crippen LogP contribution in [0.2, 0.25) is 0 Å². The van der Waals surface area contributed by atoms with Gasteiger partial charge in [0.1, 0.15) is 5.69 Å². The quantitative estimate of drug-likeness (QED) is 0.714. The second-order valence-electron chi connectivity index (χ2n) is 4.15. The molecule has 0 aliphatic heterocycles. The van der Waals surface area contributed by atoms with Gasteiger partial charge in [-0.2, -0.15) is 5.10 Å². The van der Waals surface area contributed by atoms with Crippen LogP contribution in [0, 0.1) is 0 Å². The van der Waals surface area contributed by atoms with Gasteiger partial charge in [0, 0.05) is 12.5 Å². The zero-order valence-electron chi connectivity index (χ0n) is 8.88. The number of hydrogen-bond acceptors (Lipinski definition) is 3. The van der Waals surface area contributed by atoms with E-state index >= 15 is 0 Å². The number of nitrogen functional groups attached to an aromatic ring is 1. The Morgan fingerprint density at radius 1 is 1.38 bits per heavy atom. The molecule has 4 nitrogen and oxygen atoms in total. The molecule has 4 heteroatoms. The van der Waals surface area contributed by atoms with Crippen LogP contribution in [0.5, 0.6) is 5.88 Å². The van der Waals surface area contributed by atoms with Crippen LogP contribution in [0.15, 0.2) is 0 Å². The molecule has 1 aromatic rings. The number of aryl methyl sites for hydroxylation is 1. The average molecular weight is 183 g/mol. The summed E-state index contributed by atoms with van der Waals surface area (Å²) in [5, 5.41) is 4.32. The third-order valence-electron chi connectivity index (χ3n) is 1.93. The van der Waals surface area contributed by atoms with Crippen molar-refractivity contribution in [1.82, 2.24) is 9.78 Å². The molecule has 2 N–H and O–H groups in total. The molecule has 0 aliphatic rings. The Morgan fingerprint density at radius 2 is 1.92 bits per heavy atom. The maximum Gasteiger partial charge on any atom is 0.235 e. The maximum absolute atomic E-state index is 5.89.